The van der Waals surface area contributed by atoms with Crippen molar-refractivity contribution in [2.45, 2.75) is 0 Å². The number of nitrogens with zero attached hydrogens (tertiary/aromatic N) is 1. The molecule has 0 aliphatic carbocycles. The number of hydrogen-bond acceptors (Lipinski definition) is 1. The lowest BCUT2D eigenvalue weighted by Crippen LogP contribution is -2.39. The Balaban J connectivity index is 4.14. The van der Waals surface area contributed by atoms with Gasteiger partial charge in [0.1, 0.15) is 0 Å². The minimum Gasteiger partial charge on any atom is -0.850 e. The van der Waals surface area contributed by atoms with Gasteiger partial charge in [-0.05, 0) is 0 Å². The van der Waals surface area contributed by atoms with Crippen molar-refractivity contribution in [3.63, 3.8) is 0 Å². The molecule has 44 valence electrons. The maximum atomic E-state index is 10.2. The maximum absolute atomic E-state index is 10.2. The standard InChI is InChI=1S/C5H13NO/c1-6(2,3)4-5-7/h4-5H2,1-3H3/i4+1D2. The molecule has 0 radical (unpaired) electrons. The van der Waals surface area contributed by atoms with Crippen molar-refractivity contribution in [2.24, 2.45) is 0 Å². The molecule has 0 saturated carbocycles. The summed E-state index contributed by atoms with van der Waals surface area (Å²) in [5.41, 5.74) is 0. The van der Waals surface area contributed by atoms with Crippen LogP contribution in [-0.4, -0.2) is 38.7 Å². The summed E-state index contributed by atoms with van der Waals surface area (Å²) in [6.07, 6.45) is 0. The lowest BCUT2D eigenvalue weighted by molar-refractivity contribution is -0.875. The molecule has 0 spiro atoms. The van der Waals surface area contributed by atoms with Gasteiger partial charge in [0, 0.05) is 0 Å². The molecular formula is C5H13NO. The molecule has 0 fully saturated rings. The largest absolute Gasteiger partial charge is 0.850 e. The summed E-state index contributed by atoms with van der Waals surface area (Å²) in [5.74, 6) is 0. The number of hydrogen-bond donors (Lipinski definition) is 0. The fourth-order valence-electron chi connectivity index (χ4n) is 0.194. The van der Waals surface area contributed by atoms with Gasteiger partial charge in [-0.15, -0.1) is 0 Å². The third-order valence-corrected chi connectivity index (χ3v) is 0.539. The van der Waals surface area contributed by atoms with E-state index in [9.17, 15) is 5.11 Å². The van der Waals surface area contributed by atoms with Gasteiger partial charge in [-0.3, -0.25) is 0 Å². The average molecular weight is 106 g/mol. The summed E-state index contributed by atoms with van der Waals surface area (Å²) < 4.78 is 14.4. The fourth-order valence-corrected chi connectivity index (χ4v) is 0.194. The van der Waals surface area contributed by atoms with Gasteiger partial charge >= 0.3 is 0 Å². The topological polar surface area (TPSA) is 23.1 Å². The Hall–Kier alpha value is -0.0800. The summed E-state index contributed by atoms with van der Waals surface area (Å²) in [6, 6.07) is 0. The molecule has 0 rings (SSSR count). The van der Waals surface area contributed by atoms with E-state index in [1.807, 2.05) is 0 Å². The molecule has 0 aromatic rings. The van der Waals surface area contributed by atoms with Crippen molar-refractivity contribution in [2.75, 3.05) is 34.2 Å². The predicted octanol–water partition coefficient (Wildman–Crippen LogP) is -0.947. The van der Waals surface area contributed by atoms with Crippen molar-refractivity contribution in [3.05, 3.63) is 0 Å². The summed E-state index contributed by atoms with van der Waals surface area (Å²) in [5, 5.41) is 10.2. The van der Waals surface area contributed by atoms with Crippen LogP contribution in [-0.2, 0) is 0 Å². The van der Waals surface area contributed by atoms with E-state index in [1.54, 1.807) is 21.1 Å². The first-order valence-corrected chi connectivity index (χ1v) is 2.21. The molecule has 2 heteroatoms. The zero-order chi connectivity index (χ0) is 7.71. The molecule has 0 saturated heterocycles. The number of quaternary nitrogens is 1. The first-order chi connectivity index (χ1) is 3.81. The quantitative estimate of drug-likeness (QED) is 0.329. The first-order valence-electron chi connectivity index (χ1n) is 3.21. The molecule has 0 N–H and O–H groups in total. The zero-order valence-electron chi connectivity index (χ0n) is 7.06. The monoisotopic (exact) mass is 106 g/mol. The SMILES string of the molecule is [2H][13C]([2H])(C[O-])[N+](C)(C)C. The smallest absolute Gasteiger partial charge is 0.0909 e. The van der Waals surface area contributed by atoms with Gasteiger partial charge in [0.15, 0.2) is 0 Å². The molecule has 2 nitrogen and oxygen atoms in total. The van der Waals surface area contributed by atoms with E-state index in [0.29, 0.717) is 0 Å². The first kappa shape index (κ1) is 3.87. The van der Waals surface area contributed by atoms with Crippen molar-refractivity contribution in [1.29, 1.82) is 0 Å². The van der Waals surface area contributed by atoms with Crippen LogP contribution >= 0.6 is 0 Å². The molecule has 0 atom stereocenters. The van der Waals surface area contributed by atoms with E-state index in [1.165, 1.54) is 0 Å². The highest BCUT2D eigenvalue weighted by Gasteiger charge is 1.99. The third-order valence-electron chi connectivity index (χ3n) is 0.539. The summed E-state index contributed by atoms with van der Waals surface area (Å²) in [6.45, 7) is -2.32. The van der Waals surface area contributed by atoms with E-state index in [0.717, 1.165) is 0 Å². The van der Waals surface area contributed by atoms with Crippen molar-refractivity contribution >= 4 is 0 Å². The zero-order valence-corrected chi connectivity index (χ0v) is 5.06. The van der Waals surface area contributed by atoms with Crippen LogP contribution in [0.4, 0.5) is 0 Å². The van der Waals surface area contributed by atoms with Crippen molar-refractivity contribution in [3.8, 4) is 0 Å². The molecule has 0 unspecified atom stereocenters. The van der Waals surface area contributed by atoms with Gasteiger partial charge in [-0.25, -0.2) is 0 Å². The Morgan fingerprint density at radius 1 is 1.57 bits per heavy atom. The fraction of sp³-hybridized carbons (Fsp3) is 1.00. The van der Waals surface area contributed by atoms with Crippen LogP contribution in [0.1, 0.15) is 2.74 Å². The molecule has 0 heterocycles. The number of rotatable bonds is 2. The minimum atomic E-state index is -1.64. The van der Waals surface area contributed by atoms with Crippen molar-refractivity contribution in [1.82, 2.24) is 0 Å². The van der Waals surface area contributed by atoms with Gasteiger partial charge in [0.25, 0.3) is 0 Å². The predicted molar refractivity (Wildman–Crippen MR) is 27.8 cm³/mol. The van der Waals surface area contributed by atoms with Crippen LogP contribution in [0.25, 0.3) is 0 Å². The highest BCUT2D eigenvalue weighted by atomic mass is 16.3. The molecule has 0 amide bonds. The molecule has 0 aromatic heterocycles. The Kier molecular flexibility index (Phi) is 1.26. The van der Waals surface area contributed by atoms with Crippen LogP contribution in [0.15, 0.2) is 0 Å². The third kappa shape index (κ3) is 5.92. The van der Waals surface area contributed by atoms with Crippen molar-refractivity contribution < 1.29 is 12.3 Å². The lowest BCUT2D eigenvalue weighted by atomic mass is 10.8. The average Bonchev–Trinajstić information content (AvgIpc) is 1.64. The Morgan fingerprint density at radius 3 is 2.00 bits per heavy atom. The van der Waals surface area contributed by atoms with E-state index >= 15 is 0 Å². The number of likely N-dealkylation sites (N-methyl/N-ethyl adjacent to an activating group) is 1. The normalized spacial score (nSPS) is 18.3. The van der Waals surface area contributed by atoms with Crippen LogP contribution in [0, 0.1) is 0 Å². The van der Waals surface area contributed by atoms with Crippen LogP contribution in [0.2, 0.25) is 0 Å². The Bertz CT molecular complexity index is 97.6. The molecular weight excluding hydrogens is 91.1 g/mol. The highest BCUT2D eigenvalue weighted by molar-refractivity contribution is 4.17. The Morgan fingerprint density at radius 2 is 2.00 bits per heavy atom. The second-order valence-electron chi connectivity index (χ2n) is 2.31. The van der Waals surface area contributed by atoms with Crippen LogP contribution in [0.3, 0.4) is 0 Å². The van der Waals surface area contributed by atoms with Gasteiger partial charge in [0.2, 0.25) is 0 Å². The van der Waals surface area contributed by atoms with Crippen LogP contribution in [0.5, 0.6) is 0 Å². The van der Waals surface area contributed by atoms with Gasteiger partial charge < -0.3 is 9.59 Å². The summed E-state index contributed by atoms with van der Waals surface area (Å²) >= 11 is 0. The maximum Gasteiger partial charge on any atom is 0.0909 e. The van der Waals surface area contributed by atoms with Gasteiger partial charge in [0.05, 0.1) is 30.4 Å². The van der Waals surface area contributed by atoms with Crippen LogP contribution < -0.4 is 5.11 Å². The summed E-state index contributed by atoms with van der Waals surface area (Å²) in [7, 11) is 4.99. The van der Waals surface area contributed by atoms with E-state index in [4.69, 9.17) is 2.74 Å². The lowest BCUT2D eigenvalue weighted by Gasteiger charge is -2.25. The second-order valence-corrected chi connectivity index (χ2v) is 2.31. The minimum absolute atomic E-state index is 0.0660. The molecule has 0 aliphatic rings. The Labute approximate surface area is 47.8 Å². The second kappa shape index (κ2) is 2.28. The van der Waals surface area contributed by atoms with E-state index < -0.39 is 13.1 Å². The molecule has 0 aromatic carbocycles. The molecule has 0 aliphatic heterocycles. The van der Waals surface area contributed by atoms with Gasteiger partial charge in [-0.2, -0.15) is 0 Å². The highest BCUT2D eigenvalue weighted by Crippen LogP contribution is 1.83. The molecule has 7 heavy (non-hydrogen) atoms. The van der Waals surface area contributed by atoms with E-state index in [-0.39, 0.29) is 4.48 Å². The van der Waals surface area contributed by atoms with Gasteiger partial charge in [-0.1, -0.05) is 6.61 Å². The van der Waals surface area contributed by atoms with E-state index in [2.05, 4.69) is 0 Å². The summed E-state index contributed by atoms with van der Waals surface area (Å²) in [4.78, 5) is 0. The molecule has 0 bridgehead atoms.